The second-order valence-electron chi connectivity index (χ2n) is 7.56. The van der Waals surface area contributed by atoms with E-state index in [0.717, 1.165) is 37.1 Å². The Morgan fingerprint density at radius 2 is 1.93 bits per heavy atom. The van der Waals surface area contributed by atoms with Crippen LogP contribution >= 0.6 is 11.8 Å². The molecular formula is C21H27N4O3S+. The highest BCUT2D eigenvalue weighted by Gasteiger charge is 2.22. The number of aromatic nitrogens is 2. The molecule has 0 atom stereocenters. The van der Waals surface area contributed by atoms with Crippen molar-refractivity contribution < 1.29 is 14.5 Å². The lowest BCUT2D eigenvalue weighted by Gasteiger charge is -2.15. The number of nitrogens with zero attached hydrogens (tertiary/aromatic N) is 2. The van der Waals surface area contributed by atoms with Gasteiger partial charge in [-0.25, -0.2) is 4.79 Å². The standard InChI is InChI=1S/C21H26N4O3S/c1-14(26)15-7-9-16(10-8-15)22-19(27)13-29-20-17-5-4-6-18(17)25(21(28)23-20)12-11-24(2)3/h7-10H,4-6,11-13H2,1-3H3,(H,22,27)/p+1. The second kappa shape index (κ2) is 9.37. The van der Waals surface area contributed by atoms with Gasteiger partial charge in [0, 0.05) is 22.5 Å². The third kappa shape index (κ3) is 5.33. The molecule has 1 amide bonds. The molecule has 1 aliphatic rings. The molecule has 0 unspecified atom stereocenters. The summed E-state index contributed by atoms with van der Waals surface area (Å²) in [6, 6.07) is 6.80. The number of likely N-dealkylation sites (N-methyl/N-ethyl adjacent to an activating group) is 1. The van der Waals surface area contributed by atoms with E-state index in [1.54, 1.807) is 28.8 Å². The van der Waals surface area contributed by atoms with Gasteiger partial charge in [-0.05, 0) is 50.5 Å². The minimum Gasteiger partial charge on any atom is -0.338 e. The van der Waals surface area contributed by atoms with Gasteiger partial charge in [-0.1, -0.05) is 11.8 Å². The van der Waals surface area contributed by atoms with Gasteiger partial charge in [-0.3, -0.25) is 14.2 Å². The van der Waals surface area contributed by atoms with Crippen LogP contribution < -0.4 is 15.9 Å². The first-order chi connectivity index (χ1) is 13.8. The van der Waals surface area contributed by atoms with Gasteiger partial charge in [0.15, 0.2) is 5.78 Å². The lowest BCUT2D eigenvalue weighted by Crippen LogP contribution is -3.06. The van der Waals surface area contributed by atoms with Crippen molar-refractivity contribution in [2.45, 2.75) is 37.8 Å². The van der Waals surface area contributed by atoms with Gasteiger partial charge >= 0.3 is 5.69 Å². The average molecular weight is 416 g/mol. The summed E-state index contributed by atoms with van der Waals surface area (Å²) in [4.78, 5) is 41.8. The number of quaternary nitrogens is 1. The van der Waals surface area contributed by atoms with Crippen molar-refractivity contribution in [3.63, 3.8) is 0 Å². The largest absolute Gasteiger partial charge is 0.349 e. The molecule has 0 radical (unpaired) electrons. The molecule has 1 heterocycles. The molecule has 29 heavy (non-hydrogen) atoms. The van der Waals surface area contributed by atoms with Crippen molar-refractivity contribution in [3.8, 4) is 0 Å². The van der Waals surface area contributed by atoms with Crippen molar-refractivity contribution in [1.82, 2.24) is 9.55 Å². The van der Waals surface area contributed by atoms with Gasteiger partial charge in [-0.2, -0.15) is 4.98 Å². The Kier molecular flexibility index (Phi) is 6.87. The van der Waals surface area contributed by atoms with Crippen LogP contribution in [0.1, 0.15) is 35.0 Å². The molecule has 0 spiro atoms. The lowest BCUT2D eigenvalue weighted by molar-refractivity contribution is -0.859. The zero-order valence-corrected chi connectivity index (χ0v) is 17.9. The highest BCUT2D eigenvalue weighted by molar-refractivity contribution is 8.00. The molecule has 2 N–H and O–H groups in total. The van der Waals surface area contributed by atoms with E-state index in [0.29, 0.717) is 22.8 Å². The van der Waals surface area contributed by atoms with Crippen LogP contribution in [0.3, 0.4) is 0 Å². The van der Waals surface area contributed by atoms with Crippen molar-refractivity contribution in [1.29, 1.82) is 0 Å². The van der Waals surface area contributed by atoms with Gasteiger partial charge in [0.25, 0.3) is 0 Å². The van der Waals surface area contributed by atoms with E-state index in [-0.39, 0.29) is 23.1 Å². The number of hydrogen-bond donors (Lipinski definition) is 2. The molecular weight excluding hydrogens is 388 g/mol. The summed E-state index contributed by atoms with van der Waals surface area (Å²) in [7, 11) is 4.13. The smallest absolute Gasteiger partial charge is 0.338 e. The number of carbonyl (C=O) groups is 2. The van der Waals surface area contributed by atoms with E-state index >= 15 is 0 Å². The highest BCUT2D eigenvalue weighted by atomic mass is 32.2. The van der Waals surface area contributed by atoms with Crippen LogP contribution in [0.5, 0.6) is 0 Å². The molecule has 3 rings (SSSR count). The number of rotatable bonds is 8. The fourth-order valence-corrected chi connectivity index (χ4v) is 4.27. The normalized spacial score (nSPS) is 12.8. The van der Waals surface area contributed by atoms with Gasteiger partial charge < -0.3 is 10.2 Å². The zero-order valence-electron chi connectivity index (χ0n) is 17.1. The summed E-state index contributed by atoms with van der Waals surface area (Å²) >= 11 is 1.31. The van der Waals surface area contributed by atoms with E-state index in [1.807, 2.05) is 0 Å². The molecule has 0 bridgehead atoms. The van der Waals surface area contributed by atoms with Gasteiger partial charge in [0.2, 0.25) is 5.91 Å². The quantitative estimate of drug-likeness (QED) is 0.379. The number of ketones is 1. The Hall–Kier alpha value is -2.45. The summed E-state index contributed by atoms with van der Waals surface area (Å²) < 4.78 is 1.80. The Bertz CT molecular complexity index is 967. The summed E-state index contributed by atoms with van der Waals surface area (Å²) in [5.74, 6) is -0.00117. The van der Waals surface area contributed by atoms with Crippen LogP contribution in [0.15, 0.2) is 34.1 Å². The van der Waals surface area contributed by atoms with Crippen LogP contribution in [-0.4, -0.2) is 47.6 Å². The third-order valence-corrected chi connectivity index (χ3v) is 5.97. The fourth-order valence-electron chi connectivity index (χ4n) is 3.39. The first-order valence-corrected chi connectivity index (χ1v) is 10.8. The zero-order chi connectivity index (χ0) is 21.0. The average Bonchev–Trinajstić information content (AvgIpc) is 3.15. The summed E-state index contributed by atoms with van der Waals surface area (Å²) in [5.41, 5.74) is 3.21. The predicted molar refractivity (Wildman–Crippen MR) is 114 cm³/mol. The number of Topliss-reactive ketones (excluding diaryl/α,β-unsaturated/α-hetero) is 1. The molecule has 1 aliphatic carbocycles. The van der Waals surface area contributed by atoms with Crippen molar-refractivity contribution >= 4 is 29.1 Å². The van der Waals surface area contributed by atoms with Crippen LogP contribution in [-0.2, 0) is 24.2 Å². The monoisotopic (exact) mass is 415 g/mol. The van der Waals surface area contributed by atoms with E-state index < -0.39 is 0 Å². The number of fused-ring (bicyclic) bond motifs is 1. The number of benzene rings is 1. The number of hydrogen-bond acceptors (Lipinski definition) is 5. The molecule has 0 fully saturated rings. The fraction of sp³-hybridized carbons (Fsp3) is 0.429. The van der Waals surface area contributed by atoms with E-state index in [2.05, 4.69) is 24.4 Å². The minimum atomic E-state index is -0.227. The molecule has 7 nitrogen and oxygen atoms in total. The van der Waals surface area contributed by atoms with Crippen LogP contribution in [0.4, 0.5) is 5.69 Å². The lowest BCUT2D eigenvalue weighted by atomic mass is 10.1. The van der Waals surface area contributed by atoms with E-state index in [4.69, 9.17) is 0 Å². The van der Waals surface area contributed by atoms with Crippen molar-refractivity contribution in [2.24, 2.45) is 0 Å². The number of carbonyl (C=O) groups excluding carboxylic acids is 2. The Morgan fingerprint density at radius 3 is 2.59 bits per heavy atom. The summed E-state index contributed by atoms with van der Waals surface area (Å²) in [6.07, 6.45) is 2.80. The van der Waals surface area contributed by atoms with Gasteiger partial charge in [-0.15, -0.1) is 0 Å². The second-order valence-corrected chi connectivity index (χ2v) is 8.52. The molecule has 1 aromatic carbocycles. The summed E-state index contributed by atoms with van der Waals surface area (Å²) in [6.45, 7) is 3.04. The maximum absolute atomic E-state index is 12.5. The Labute approximate surface area is 174 Å². The molecule has 1 aromatic heterocycles. The number of anilines is 1. The minimum absolute atomic E-state index is 0.0138. The van der Waals surface area contributed by atoms with Gasteiger partial charge in [0.05, 0.1) is 32.9 Å². The summed E-state index contributed by atoms with van der Waals surface area (Å²) in [5, 5.41) is 3.50. The molecule has 2 aromatic rings. The maximum Gasteiger partial charge on any atom is 0.349 e. The number of amides is 1. The predicted octanol–water partition coefficient (Wildman–Crippen LogP) is 0.810. The van der Waals surface area contributed by atoms with Crippen LogP contribution in [0.25, 0.3) is 0 Å². The highest BCUT2D eigenvalue weighted by Crippen LogP contribution is 2.29. The molecule has 0 saturated heterocycles. The Morgan fingerprint density at radius 1 is 1.21 bits per heavy atom. The van der Waals surface area contributed by atoms with Crippen molar-refractivity contribution in [3.05, 3.63) is 51.6 Å². The first-order valence-electron chi connectivity index (χ1n) is 9.80. The molecule has 154 valence electrons. The van der Waals surface area contributed by atoms with E-state index in [1.165, 1.54) is 23.6 Å². The topological polar surface area (TPSA) is 85.5 Å². The first kappa shape index (κ1) is 21.3. The van der Waals surface area contributed by atoms with E-state index in [9.17, 15) is 14.4 Å². The van der Waals surface area contributed by atoms with Crippen LogP contribution in [0, 0.1) is 0 Å². The Balaban J connectivity index is 1.66. The molecule has 0 saturated carbocycles. The number of thioether (sulfide) groups is 1. The SMILES string of the molecule is CC(=O)c1ccc(NC(=O)CSc2nc(=O)n(CC[NH+](C)C)c3c2CCC3)cc1. The third-order valence-electron chi connectivity index (χ3n) is 4.95. The van der Waals surface area contributed by atoms with Gasteiger partial charge in [0.1, 0.15) is 5.03 Å². The molecule has 8 heteroatoms. The maximum atomic E-state index is 12.5. The molecule has 0 aliphatic heterocycles. The van der Waals surface area contributed by atoms with Crippen molar-refractivity contribution in [2.75, 3.05) is 31.7 Å². The van der Waals surface area contributed by atoms with Crippen LogP contribution in [0.2, 0.25) is 0 Å². The number of nitrogens with one attached hydrogen (secondary N) is 2.